The number of hydrogen-bond acceptors (Lipinski definition) is 10. The van der Waals surface area contributed by atoms with Gasteiger partial charge in [-0.05, 0) is 42.7 Å². The molecule has 2 fully saturated rings. The molecule has 0 amide bonds. The van der Waals surface area contributed by atoms with Gasteiger partial charge in [0.15, 0.2) is 12.0 Å². The van der Waals surface area contributed by atoms with Crippen LogP contribution < -0.4 is 16.0 Å². The lowest BCUT2D eigenvalue weighted by molar-refractivity contribution is -0.220. The van der Waals surface area contributed by atoms with Gasteiger partial charge in [0, 0.05) is 6.42 Å². The first-order valence-corrected chi connectivity index (χ1v) is 15.5. The maximum Gasteiger partial charge on any atom is 0.347 e. The molecular weight excluding hydrogens is 606 g/mol. The smallest absolute Gasteiger partial charge is 0.347 e. The lowest BCUT2D eigenvalue weighted by Gasteiger charge is -2.37. The van der Waals surface area contributed by atoms with Crippen molar-refractivity contribution in [1.29, 1.82) is 0 Å². The lowest BCUT2D eigenvalue weighted by atomic mass is 9.80. The summed E-state index contributed by atoms with van der Waals surface area (Å²) in [4.78, 5) is 39.1. The maximum atomic E-state index is 12.9. The van der Waals surface area contributed by atoms with Crippen molar-refractivity contribution in [3.63, 3.8) is 0 Å². The Hall–Kier alpha value is -4.62. The van der Waals surface area contributed by atoms with Crippen molar-refractivity contribution in [2.75, 3.05) is 20.3 Å². The van der Waals surface area contributed by atoms with Crippen LogP contribution in [0.4, 0.5) is 0 Å². The van der Waals surface area contributed by atoms with Crippen molar-refractivity contribution in [2.24, 2.45) is 0 Å². The summed E-state index contributed by atoms with van der Waals surface area (Å²) in [6.07, 6.45) is -2.05. The molecule has 2 aliphatic rings. The van der Waals surface area contributed by atoms with Crippen LogP contribution in [0.25, 0.3) is 0 Å². The fourth-order valence-corrected chi connectivity index (χ4v) is 6.26. The van der Waals surface area contributed by atoms with Gasteiger partial charge in [-0.1, -0.05) is 72.8 Å². The molecule has 0 spiro atoms. The summed E-state index contributed by atoms with van der Waals surface area (Å²) in [5.41, 5.74) is 0.119. The van der Waals surface area contributed by atoms with Gasteiger partial charge in [-0.25, -0.2) is 4.79 Å². The van der Waals surface area contributed by atoms with E-state index >= 15 is 0 Å². The molecule has 0 aliphatic carbocycles. The van der Waals surface area contributed by atoms with Gasteiger partial charge in [0.2, 0.25) is 0 Å². The number of fused-ring (bicyclic) bond motifs is 1. The summed E-state index contributed by atoms with van der Waals surface area (Å²) in [5, 5.41) is 4.04. The average Bonchev–Trinajstić information content (AvgIpc) is 3.60. The Morgan fingerprint density at radius 1 is 0.936 bits per heavy atom. The van der Waals surface area contributed by atoms with E-state index < -0.39 is 47.2 Å². The predicted octanol–water partition coefficient (Wildman–Crippen LogP) is 3.69. The van der Waals surface area contributed by atoms with Crippen LogP contribution in [0.15, 0.2) is 101 Å². The van der Waals surface area contributed by atoms with Crippen LogP contribution in [0.2, 0.25) is 0 Å². The molecule has 3 heterocycles. The molecule has 4 aromatic rings. The summed E-state index contributed by atoms with van der Waals surface area (Å²) in [6.45, 7) is 3.74. The van der Waals surface area contributed by atoms with Gasteiger partial charge in [0.05, 0.1) is 26.7 Å². The Bertz CT molecular complexity index is 1740. The lowest BCUT2D eigenvalue weighted by Crippen LogP contribution is -2.40. The Morgan fingerprint density at radius 2 is 1.55 bits per heavy atom. The Labute approximate surface area is 271 Å². The molecule has 12 nitrogen and oxygen atoms in total. The van der Waals surface area contributed by atoms with E-state index in [-0.39, 0.29) is 32.0 Å². The summed E-state index contributed by atoms with van der Waals surface area (Å²) < 4.78 is 37.9. The SMILES string of the molecule is CCOC(=O)CC[C@]1(C)OC2C(COC(c3ccccc3)(c3ccccc3)c3ccc(OC)cc3)OC(n3ncc(=O)[nH]c3=O)C2O1. The molecule has 4 unspecified atom stereocenters. The minimum atomic E-state index is -1.19. The zero-order valence-corrected chi connectivity index (χ0v) is 26.4. The second-order valence-corrected chi connectivity index (χ2v) is 11.5. The van der Waals surface area contributed by atoms with E-state index in [1.54, 1.807) is 21.0 Å². The topological polar surface area (TPSA) is 140 Å². The van der Waals surface area contributed by atoms with E-state index in [4.69, 9.17) is 28.4 Å². The number of carbonyl (C=O) groups is 1. The highest BCUT2D eigenvalue weighted by Crippen LogP contribution is 2.46. The molecule has 0 bridgehead atoms. The number of benzene rings is 3. The number of nitrogens with one attached hydrogen (secondary N) is 1. The van der Waals surface area contributed by atoms with Gasteiger partial charge in [0.25, 0.3) is 5.56 Å². The monoisotopic (exact) mass is 643 g/mol. The van der Waals surface area contributed by atoms with Crippen molar-refractivity contribution in [3.8, 4) is 5.75 Å². The number of methoxy groups -OCH3 is 1. The van der Waals surface area contributed by atoms with Gasteiger partial charge in [-0.15, -0.1) is 0 Å². The van der Waals surface area contributed by atoms with Gasteiger partial charge >= 0.3 is 11.7 Å². The molecule has 47 heavy (non-hydrogen) atoms. The second-order valence-electron chi connectivity index (χ2n) is 11.5. The highest BCUT2D eigenvalue weighted by atomic mass is 16.8. The second kappa shape index (κ2) is 13.6. The number of aromatic nitrogens is 3. The van der Waals surface area contributed by atoms with E-state index in [1.165, 1.54) is 0 Å². The molecule has 2 saturated heterocycles. The van der Waals surface area contributed by atoms with Crippen molar-refractivity contribution < 1.29 is 33.2 Å². The first-order valence-electron chi connectivity index (χ1n) is 15.5. The minimum absolute atomic E-state index is 0.00288. The van der Waals surface area contributed by atoms with Crippen LogP contribution in [-0.4, -0.2) is 65.2 Å². The molecule has 246 valence electrons. The third-order valence-electron chi connectivity index (χ3n) is 8.44. The number of nitrogens with zero attached hydrogens (tertiary/aromatic N) is 2. The van der Waals surface area contributed by atoms with Crippen LogP contribution in [0.5, 0.6) is 5.75 Å². The molecule has 1 N–H and O–H groups in total. The van der Waals surface area contributed by atoms with E-state index in [0.29, 0.717) is 5.75 Å². The molecule has 6 rings (SSSR count). The van der Waals surface area contributed by atoms with Crippen LogP contribution in [-0.2, 0) is 34.1 Å². The first kappa shape index (κ1) is 32.3. The number of carbonyl (C=O) groups excluding carboxylic acids is 1. The molecule has 3 aromatic carbocycles. The normalized spacial score (nSPS) is 23.7. The zero-order chi connectivity index (χ0) is 33.0. The third-order valence-corrected chi connectivity index (χ3v) is 8.44. The third kappa shape index (κ3) is 6.50. The van der Waals surface area contributed by atoms with Crippen LogP contribution >= 0.6 is 0 Å². The average molecular weight is 644 g/mol. The van der Waals surface area contributed by atoms with Crippen molar-refractivity contribution in [3.05, 3.63) is 129 Å². The summed E-state index contributed by atoms with van der Waals surface area (Å²) in [7, 11) is 1.62. The van der Waals surface area contributed by atoms with Crippen molar-refractivity contribution in [1.82, 2.24) is 14.8 Å². The largest absolute Gasteiger partial charge is 0.497 e. The fraction of sp³-hybridized carbons (Fsp3) is 0.371. The quantitative estimate of drug-likeness (QED) is 0.180. The zero-order valence-electron chi connectivity index (χ0n) is 26.4. The van der Waals surface area contributed by atoms with E-state index in [0.717, 1.165) is 27.6 Å². The first-order chi connectivity index (χ1) is 22.8. The number of H-pyrrole nitrogens is 1. The highest BCUT2D eigenvalue weighted by Gasteiger charge is 2.58. The van der Waals surface area contributed by atoms with E-state index in [9.17, 15) is 14.4 Å². The molecule has 5 atom stereocenters. The van der Waals surface area contributed by atoms with Gasteiger partial charge in [-0.3, -0.25) is 14.6 Å². The van der Waals surface area contributed by atoms with Gasteiger partial charge in [-0.2, -0.15) is 9.78 Å². The van der Waals surface area contributed by atoms with E-state index in [2.05, 4.69) is 10.1 Å². The van der Waals surface area contributed by atoms with Crippen molar-refractivity contribution >= 4 is 5.97 Å². The molecular formula is C35H37N3O9. The summed E-state index contributed by atoms with van der Waals surface area (Å²) in [6, 6.07) is 27.4. The number of rotatable bonds is 12. The molecule has 12 heteroatoms. The van der Waals surface area contributed by atoms with Gasteiger partial charge < -0.3 is 28.4 Å². The Kier molecular flexibility index (Phi) is 9.37. The van der Waals surface area contributed by atoms with Gasteiger partial charge in [0.1, 0.15) is 35.9 Å². The van der Waals surface area contributed by atoms with Crippen LogP contribution in [0.3, 0.4) is 0 Å². The predicted molar refractivity (Wildman–Crippen MR) is 169 cm³/mol. The number of ether oxygens (including phenoxy) is 6. The van der Waals surface area contributed by atoms with E-state index in [1.807, 2.05) is 84.9 Å². The standard InChI is InChI=1S/C35H37N3O9/c1-4-43-29(40)19-20-34(2)46-30-27(45-32(31(30)47-34)38-33(41)37-28(39)21-36-38)22-44-35(23-11-7-5-8-12-23,24-13-9-6-10-14-24)25-15-17-26(42-3)18-16-25/h5-18,21,27,30-32H,4,19-20,22H2,1-3H3,(H,37,39,41)/t27?,30?,31?,32?,34-/m1/s1. The minimum Gasteiger partial charge on any atom is -0.497 e. The summed E-state index contributed by atoms with van der Waals surface area (Å²) >= 11 is 0. The highest BCUT2D eigenvalue weighted by molar-refractivity contribution is 5.69. The van der Waals surface area contributed by atoms with Crippen molar-refractivity contribution in [2.45, 2.75) is 62.6 Å². The Morgan fingerprint density at radius 3 is 2.15 bits per heavy atom. The maximum absolute atomic E-state index is 12.9. The number of hydrogen-bond donors (Lipinski definition) is 1. The molecule has 2 aliphatic heterocycles. The molecule has 1 aromatic heterocycles. The number of esters is 1. The fourth-order valence-electron chi connectivity index (χ4n) is 6.26. The number of aromatic amines is 1. The van der Waals surface area contributed by atoms with Crippen LogP contribution in [0, 0.1) is 0 Å². The molecule has 0 saturated carbocycles. The molecule has 0 radical (unpaired) electrons. The Balaban J connectivity index is 1.38. The van der Waals surface area contributed by atoms with Crippen LogP contribution in [0.1, 0.15) is 49.6 Å². The summed E-state index contributed by atoms with van der Waals surface area (Å²) in [5.74, 6) is -0.870.